The lowest BCUT2D eigenvalue weighted by Crippen LogP contribution is -2.17. The fourth-order valence-electron chi connectivity index (χ4n) is 2.43. The van der Waals surface area contributed by atoms with Crippen molar-refractivity contribution >= 4 is 26.5 Å². The second kappa shape index (κ2) is 6.38. The zero-order valence-electron chi connectivity index (χ0n) is 13.0. The Kier molecular flexibility index (Phi) is 4.06. The molecule has 4 rings (SSSR count). The number of nitrogens with one attached hydrogen (secondary N) is 1. The van der Waals surface area contributed by atoms with Gasteiger partial charge in [-0.2, -0.15) is 0 Å². The van der Waals surface area contributed by atoms with E-state index < -0.39 is 10.0 Å². The largest absolute Gasteiger partial charge is 0.486 e. The van der Waals surface area contributed by atoms with E-state index in [9.17, 15) is 8.42 Å². The van der Waals surface area contributed by atoms with E-state index in [2.05, 4.69) is 9.71 Å². The van der Waals surface area contributed by atoms with E-state index in [-0.39, 0.29) is 4.90 Å². The Hall–Kier alpha value is -2.58. The molecule has 0 atom stereocenters. The summed E-state index contributed by atoms with van der Waals surface area (Å²) >= 11 is 1.24. The van der Waals surface area contributed by atoms with Gasteiger partial charge < -0.3 is 9.47 Å². The molecular formula is C17H14N2O4S2. The predicted molar refractivity (Wildman–Crippen MR) is 95.8 cm³/mol. The lowest BCUT2D eigenvalue weighted by Gasteiger charge is -2.18. The van der Waals surface area contributed by atoms with Crippen molar-refractivity contribution in [1.29, 1.82) is 0 Å². The first-order valence-corrected chi connectivity index (χ1v) is 9.91. The second-order valence-corrected chi connectivity index (χ2v) is 7.86. The molecular weight excluding hydrogens is 360 g/mol. The van der Waals surface area contributed by atoms with E-state index in [1.807, 2.05) is 35.7 Å². The molecule has 2 aromatic carbocycles. The summed E-state index contributed by atoms with van der Waals surface area (Å²) in [6.45, 7) is 0.857. The highest BCUT2D eigenvalue weighted by Gasteiger charge is 2.20. The molecule has 0 spiro atoms. The summed E-state index contributed by atoms with van der Waals surface area (Å²) in [4.78, 5) is 4.46. The maximum absolute atomic E-state index is 12.6. The van der Waals surface area contributed by atoms with Gasteiger partial charge in [-0.1, -0.05) is 30.3 Å². The van der Waals surface area contributed by atoms with Gasteiger partial charge in [-0.25, -0.2) is 13.4 Å². The van der Waals surface area contributed by atoms with Crippen LogP contribution in [-0.4, -0.2) is 26.6 Å². The van der Waals surface area contributed by atoms with Gasteiger partial charge >= 0.3 is 0 Å². The van der Waals surface area contributed by atoms with Gasteiger partial charge in [0.1, 0.15) is 13.2 Å². The Bertz CT molecular complexity index is 1000. The molecule has 0 amide bonds. The summed E-state index contributed by atoms with van der Waals surface area (Å²) in [7, 11) is -3.75. The molecule has 0 radical (unpaired) electrons. The first kappa shape index (κ1) is 15.9. The van der Waals surface area contributed by atoms with Gasteiger partial charge in [0.2, 0.25) is 0 Å². The van der Waals surface area contributed by atoms with E-state index >= 15 is 0 Å². The van der Waals surface area contributed by atoms with Gasteiger partial charge in [0.05, 0.1) is 10.6 Å². The summed E-state index contributed by atoms with van der Waals surface area (Å²) < 4.78 is 38.6. The first-order valence-electron chi connectivity index (χ1n) is 7.55. The Labute approximate surface area is 149 Å². The van der Waals surface area contributed by atoms with Crippen LogP contribution in [0.25, 0.3) is 11.3 Å². The Balaban J connectivity index is 1.59. The van der Waals surface area contributed by atoms with Crippen LogP contribution in [-0.2, 0) is 10.0 Å². The second-order valence-electron chi connectivity index (χ2n) is 5.31. The van der Waals surface area contributed by atoms with Crippen molar-refractivity contribution in [2.45, 2.75) is 4.90 Å². The molecule has 25 heavy (non-hydrogen) atoms. The van der Waals surface area contributed by atoms with Crippen molar-refractivity contribution in [3.63, 3.8) is 0 Å². The van der Waals surface area contributed by atoms with Crippen LogP contribution in [0.1, 0.15) is 0 Å². The molecule has 0 fully saturated rings. The third kappa shape index (κ3) is 3.31. The van der Waals surface area contributed by atoms with E-state index in [1.54, 1.807) is 6.07 Å². The third-order valence-corrected chi connectivity index (χ3v) is 5.84. The Morgan fingerprint density at radius 2 is 1.76 bits per heavy atom. The number of anilines is 1. The van der Waals surface area contributed by atoms with Crippen molar-refractivity contribution in [3.8, 4) is 22.8 Å². The molecule has 3 aromatic rings. The molecule has 0 unspecified atom stereocenters. The summed E-state index contributed by atoms with van der Waals surface area (Å²) in [6, 6.07) is 14.1. The Morgan fingerprint density at radius 1 is 1.00 bits per heavy atom. The zero-order chi connectivity index (χ0) is 17.3. The average Bonchev–Trinajstić information content (AvgIpc) is 3.10. The molecule has 6 nitrogen and oxygen atoms in total. The minimum atomic E-state index is -3.75. The zero-order valence-corrected chi connectivity index (χ0v) is 14.6. The monoisotopic (exact) mass is 374 g/mol. The van der Waals surface area contributed by atoms with Crippen molar-refractivity contribution in [3.05, 3.63) is 53.9 Å². The molecule has 1 aliphatic rings. The molecule has 0 bridgehead atoms. The van der Waals surface area contributed by atoms with Gasteiger partial charge in [-0.15, -0.1) is 11.3 Å². The number of hydrogen-bond acceptors (Lipinski definition) is 6. The van der Waals surface area contributed by atoms with Crippen LogP contribution in [0.3, 0.4) is 0 Å². The quantitative estimate of drug-likeness (QED) is 0.757. The van der Waals surface area contributed by atoms with Gasteiger partial charge in [0, 0.05) is 17.0 Å². The summed E-state index contributed by atoms with van der Waals surface area (Å²) in [5.41, 5.74) is 1.66. The lowest BCUT2D eigenvalue weighted by molar-refractivity contribution is 0.171. The van der Waals surface area contributed by atoms with Crippen LogP contribution in [0.2, 0.25) is 0 Å². The predicted octanol–water partition coefficient (Wildman–Crippen LogP) is 3.38. The number of fused-ring (bicyclic) bond motifs is 1. The molecule has 1 aliphatic heterocycles. The summed E-state index contributed by atoms with van der Waals surface area (Å²) in [5.74, 6) is 0.976. The van der Waals surface area contributed by atoms with E-state index in [4.69, 9.17) is 9.47 Å². The lowest BCUT2D eigenvalue weighted by atomic mass is 10.2. The maximum atomic E-state index is 12.6. The summed E-state index contributed by atoms with van der Waals surface area (Å²) in [5, 5.41) is 2.13. The van der Waals surface area contributed by atoms with E-state index in [1.165, 1.54) is 23.5 Å². The molecule has 1 N–H and O–H groups in total. The van der Waals surface area contributed by atoms with E-state index in [0.717, 1.165) is 11.3 Å². The number of hydrogen-bond donors (Lipinski definition) is 1. The van der Waals surface area contributed by atoms with E-state index in [0.29, 0.717) is 29.8 Å². The highest BCUT2D eigenvalue weighted by atomic mass is 32.2. The molecule has 0 aliphatic carbocycles. The fourth-order valence-corrected chi connectivity index (χ4v) is 4.41. The number of benzene rings is 2. The third-order valence-electron chi connectivity index (χ3n) is 3.62. The Morgan fingerprint density at radius 3 is 2.56 bits per heavy atom. The smallest absolute Gasteiger partial charge is 0.263 e. The number of aromatic nitrogens is 1. The standard InChI is InChI=1S/C17H14N2O4S2/c20-25(21,13-6-7-15-16(10-13)23-9-8-22-15)19-17-18-14(11-24-17)12-4-2-1-3-5-12/h1-7,10-11H,8-9H2,(H,18,19). The highest BCUT2D eigenvalue weighted by Crippen LogP contribution is 2.33. The normalized spacial score (nSPS) is 13.4. The fraction of sp³-hybridized carbons (Fsp3) is 0.118. The molecule has 0 saturated carbocycles. The SMILES string of the molecule is O=S(=O)(Nc1nc(-c2ccccc2)cs1)c1ccc2c(c1)OCCO2. The molecule has 1 aromatic heterocycles. The van der Waals surface area contributed by atoms with Crippen LogP contribution >= 0.6 is 11.3 Å². The first-order chi connectivity index (χ1) is 12.1. The number of sulfonamides is 1. The van der Waals surface area contributed by atoms with Crippen LogP contribution in [0, 0.1) is 0 Å². The van der Waals surface area contributed by atoms with Crippen LogP contribution < -0.4 is 14.2 Å². The average molecular weight is 374 g/mol. The van der Waals surface area contributed by atoms with Gasteiger partial charge in [0.15, 0.2) is 16.6 Å². The molecule has 2 heterocycles. The van der Waals surface area contributed by atoms with Crippen molar-refractivity contribution < 1.29 is 17.9 Å². The number of rotatable bonds is 4. The van der Waals surface area contributed by atoms with Crippen molar-refractivity contribution in [2.75, 3.05) is 17.9 Å². The number of ether oxygens (including phenoxy) is 2. The highest BCUT2D eigenvalue weighted by molar-refractivity contribution is 7.93. The number of nitrogens with zero attached hydrogens (tertiary/aromatic N) is 1. The molecule has 0 saturated heterocycles. The minimum absolute atomic E-state index is 0.105. The topological polar surface area (TPSA) is 77.5 Å². The van der Waals surface area contributed by atoms with Crippen LogP contribution in [0.5, 0.6) is 11.5 Å². The van der Waals surface area contributed by atoms with Crippen molar-refractivity contribution in [2.24, 2.45) is 0 Å². The van der Waals surface area contributed by atoms with Crippen LogP contribution in [0.15, 0.2) is 58.8 Å². The minimum Gasteiger partial charge on any atom is -0.486 e. The van der Waals surface area contributed by atoms with Gasteiger partial charge in [-0.05, 0) is 12.1 Å². The van der Waals surface area contributed by atoms with Crippen LogP contribution in [0.4, 0.5) is 5.13 Å². The van der Waals surface area contributed by atoms with Crippen molar-refractivity contribution in [1.82, 2.24) is 4.98 Å². The molecule has 8 heteroatoms. The van der Waals surface area contributed by atoms with Gasteiger partial charge in [0.25, 0.3) is 10.0 Å². The number of thiazole rings is 1. The molecule has 128 valence electrons. The summed E-state index contributed by atoms with van der Waals surface area (Å²) in [6.07, 6.45) is 0. The van der Waals surface area contributed by atoms with Gasteiger partial charge in [-0.3, -0.25) is 4.72 Å². The maximum Gasteiger partial charge on any atom is 0.263 e.